The van der Waals surface area contributed by atoms with Gasteiger partial charge in [0.15, 0.2) is 0 Å². The summed E-state index contributed by atoms with van der Waals surface area (Å²) in [6.45, 7) is 4.41. The van der Waals surface area contributed by atoms with E-state index < -0.39 is 0 Å². The second-order valence-electron chi connectivity index (χ2n) is 7.94. The summed E-state index contributed by atoms with van der Waals surface area (Å²) in [5, 5.41) is 5.26. The van der Waals surface area contributed by atoms with E-state index in [4.69, 9.17) is 0 Å². The molecule has 146 valence electrons. The van der Waals surface area contributed by atoms with Crippen molar-refractivity contribution in [3.63, 3.8) is 0 Å². The SMILES string of the molecule is CCc1ccc(-c2c3ccccc3c(-c3ccc(CC)cc3)c3ccccc23)cc1. The molecular weight excluding hydrogens is 360 g/mol. The molecule has 0 bridgehead atoms. The van der Waals surface area contributed by atoms with E-state index in [2.05, 4.69) is 111 Å². The lowest BCUT2D eigenvalue weighted by Crippen LogP contribution is -1.91. The highest BCUT2D eigenvalue weighted by Crippen LogP contribution is 2.43. The van der Waals surface area contributed by atoms with Gasteiger partial charge in [-0.05, 0) is 67.8 Å². The lowest BCUT2D eigenvalue weighted by Gasteiger charge is -2.18. The smallest absolute Gasteiger partial charge is 0.00264 e. The predicted octanol–water partition coefficient (Wildman–Crippen LogP) is 8.45. The van der Waals surface area contributed by atoms with Gasteiger partial charge in [-0.2, -0.15) is 0 Å². The number of fused-ring (bicyclic) bond motifs is 2. The minimum Gasteiger partial charge on any atom is -0.0616 e. The molecule has 0 spiro atoms. The third-order valence-corrected chi connectivity index (χ3v) is 6.23. The van der Waals surface area contributed by atoms with Crippen molar-refractivity contribution in [2.24, 2.45) is 0 Å². The van der Waals surface area contributed by atoms with Gasteiger partial charge in [-0.25, -0.2) is 0 Å². The van der Waals surface area contributed by atoms with Crippen molar-refractivity contribution in [1.29, 1.82) is 0 Å². The fourth-order valence-electron chi connectivity index (χ4n) is 4.56. The highest BCUT2D eigenvalue weighted by Gasteiger charge is 2.16. The molecule has 5 aromatic carbocycles. The molecule has 0 atom stereocenters. The third kappa shape index (κ3) is 3.09. The maximum absolute atomic E-state index is 2.28. The number of aryl methyl sites for hydroxylation is 2. The van der Waals surface area contributed by atoms with Gasteiger partial charge in [-0.15, -0.1) is 0 Å². The van der Waals surface area contributed by atoms with Crippen molar-refractivity contribution >= 4 is 21.5 Å². The Kier molecular flexibility index (Phi) is 4.85. The normalized spacial score (nSPS) is 11.3. The zero-order valence-corrected chi connectivity index (χ0v) is 17.7. The topological polar surface area (TPSA) is 0 Å². The first-order valence-corrected chi connectivity index (χ1v) is 10.9. The van der Waals surface area contributed by atoms with Gasteiger partial charge < -0.3 is 0 Å². The second-order valence-corrected chi connectivity index (χ2v) is 7.94. The van der Waals surface area contributed by atoms with E-state index in [1.807, 2.05) is 0 Å². The summed E-state index contributed by atoms with van der Waals surface area (Å²) in [7, 11) is 0. The summed E-state index contributed by atoms with van der Waals surface area (Å²) in [5.74, 6) is 0. The first-order valence-electron chi connectivity index (χ1n) is 10.9. The van der Waals surface area contributed by atoms with Gasteiger partial charge in [0, 0.05) is 0 Å². The third-order valence-electron chi connectivity index (χ3n) is 6.23. The molecule has 5 rings (SSSR count). The van der Waals surface area contributed by atoms with Crippen molar-refractivity contribution in [1.82, 2.24) is 0 Å². The summed E-state index contributed by atoms with van der Waals surface area (Å²) in [4.78, 5) is 0. The molecule has 0 unspecified atom stereocenters. The Morgan fingerprint density at radius 1 is 0.400 bits per heavy atom. The Balaban J connectivity index is 1.88. The lowest BCUT2D eigenvalue weighted by atomic mass is 9.85. The fourth-order valence-corrected chi connectivity index (χ4v) is 4.56. The van der Waals surface area contributed by atoms with Crippen molar-refractivity contribution < 1.29 is 0 Å². The molecule has 0 saturated heterocycles. The molecule has 0 saturated carbocycles. The molecule has 0 heterocycles. The molecule has 30 heavy (non-hydrogen) atoms. The van der Waals surface area contributed by atoms with Crippen molar-refractivity contribution in [3.8, 4) is 22.3 Å². The molecule has 0 heteroatoms. The van der Waals surface area contributed by atoms with Crippen LogP contribution in [0.5, 0.6) is 0 Å². The quantitative estimate of drug-likeness (QED) is 0.272. The number of benzene rings is 5. The Labute approximate surface area is 178 Å². The summed E-state index contributed by atoms with van der Waals surface area (Å²) in [6.07, 6.45) is 2.13. The van der Waals surface area contributed by atoms with Crippen LogP contribution in [0.3, 0.4) is 0 Å². The van der Waals surface area contributed by atoms with E-state index in [1.54, 1.807) is 0 Å². The molecule has 5 aromatic rings. The molecule has 0 aliphatic heterocycles. The predicted molar refractivity (Wildman–Crippen MR) is 131 cm³/mol. The maximum Gasteiger partial charge on any atom is -0.00264 e. The van der Waals surface area contributed by atoms with Crippen LogP contribution in [0.2, 0.25) is 0 Å². The number of hydrogen-bond acceptors (Lipinski definition) is 0. The van der Waals surface area contributed by atoms with E-state index >= 15 is 0 Å². The van der Waals surface area contributed by atoms with Crippen LogP contribution >= 0.6 is 0 Å². The van der Waals surface area contributed by atoms with Gasteiger partial charge in [-0.3, -0.25) is 0 Å². The average Bonchev–Trinajstić information content (AvgIpc) is 2.82. The van der Waals surface area contributed by atoms with Crippen LogP contribution in [-0.4, -0.2) is 0 Å². The Bertz CT molecular complexity index is 1160. The van der Waals surface area contributed by atoms with Gasteiger partial charge in [-0.1, -0.05) is 111 Å². The number of hydrogen-bond donors (Lipinski definition) is 0. The molecule has 0 nitrogen and oxygen atoms in total. The molecule has 0 aliphatic rings. The van der Waals surface area contributed by atoms with Crippen LogP contribution in [0, 0.1) is 0 Å². The molecule has 0 fully saturated rings. The molecular formula is C30H26. The first kappa shape index (κ1) is 18.6. The van der Waals surface area contributed by atoms with E-state index in [0.29, 0.717) is 0 Å². The average molecular weight is 387 g/mol. The standard InChI is InChI=1S/C30H26/c1-3-21-13-17-23(18-14-21)29-25-9-5-7-11-27(25)30(28-12-8-6-10-26(28)29)24-19-15-22(4-2)16-20-24/h5-20H,3-4H2,1-2H3. The van der Waals surface area contributed by atoms with Crippen LogP contribution in [0.4, 0.5) is 0 Å². The monoisotopic (exact) mass is 386 g/mol. The van der Waals surface area contributed by atoms with E-state index in [-0.39, 0.29) is 0 Å². The van der Waals surface area contributed by atoms with Crippen LogP contribution < -0.4 is 0 Å². The molecule has 0 aromatic heterocycles. The largest absolute Gasteiger partial charge is 0.0616 e. The summed E-state index contributed by atoms with van der Waals surface area (Å²) >= 11 is 0. The minimum atomic E-state index is 1.06. The van der Waals surface area contributed by atoms with E-state index in [1.165, 1.54) is 54.9 Å². The highest BCUT2D eigenvalue weighted by atomic mass is 14.2. The second kappa shape index (κ2) is 7.80. The van der Waals surface area contributed by atoms with E-state index in [0.717, 1.165) is 12.8 Å². The lowest BCUT2D eigenvalue weighted by molar-refractivity contribution is 1.14. The van der Waals surface area contributed by atoms with Crippen LogP contribution in [-0.2, 0) is 12.8 Å². The van der Waals surface area contributed by atoms with Crippen LogP contribution in [0.1, 0.15) is 25.0 Å². The summed E-state index contributed by atoms with van der Waals surface area (Å²) < 4.78 is 0. The minimum absolute atomic E-state index is 1.06. The zero-order valence-electron chi connectivity index (χ0n) is 17.7. The van der Waals surface area contributed by atoms with Gasteiger partial charge in [0.1, 0.15) is 0 Å². The van der Waals surface area contributed by atoms with Crippen LogP contribution in [0.25, 0.3) is 43.8 Å². The Hall–Kier alpha value is -3.38. The molecule has 0 amide bonds. The van der Waals surface area contributed by atoms with Crippen molar-refractivity contribution in [2.45, 2.75) is 26.7 Å². The van der Waals surface area contributed by atoms with Gasteiger partial charge in [0.2, 0.25) is 0 Å². The fraction of sp³-hybridized carbons (Fsp3) is 0.133. The Morgan fingerprint density at radius 3 is 0.967 bits per heavy atom. The van der Waals surface area contributed by atoms with Gasteiger partial charge in [0.25, 0.3) is 0 Å². The molecule has 0 N–H and O–H groups in total. The van der Waals surface area contributed by atoms with E-state index in [9.17, 15) is 0 Å². The molecule has 0 aliphatic carbocycles. The van der Waals surface area contributed by atoms with Gasteiger partial charge in [0.05, 0.1) is 0 Å². The zero-order chi connectivity index (χ0) is 20.5. The summed E-state index contributed by atoms with van der Waals surface area (Å²) in [5.41, 5.74) is 7.98. The van der Waals surface area contributed by atoms with Crippen molar-refractivity contribution in [2.75, 3.05) is 0 Å². The van der Waals surface area contributed by atoms with Crippen LogP contribution in [0.15, 0.2) is 97.1 Å². The highest BCUT2D eigenvalue weighted by molar-refractivity contribution is 6.21. The summed E-state index contributed by atoms with van der Waals surface area (Å²) in [6, 6.07) is 35.9. The number of rotatable bonds is 4. The first-order chi connectivity index (χ1) is 14.8. The van der Waals surface area contributed by atoms with Crippen molar-refractivity contribution in [3.05, 3.63) is 108 Å². The molecule has 0 radical (unpaired) electrons. The van der Waals surface area contributed by atoms with Gasteiger partial charge >= 0.3 is 0 Å². The maximum atomic E-state index is 2.28. The Morgan fingerprint density at radius 2 is 0.700 bits per heavy atom.